The molecule has 0 unspecified atom stereocenters. The maximum Gasteiger partial charge on any atom is 0.410 e. The Morgan fingerprint density at radius 1 is 1.26 bits per heavy atom. The SMILES string of the molecule is CC(C)(C)OC(=O)N1CCCN(Cc2ccoc2C(=O)O)CC1. The van der Waals surface area contributed by atoms with Gasteiger partial charge in [0.15, 0.2) is 0 Å². The molecule has 0 spiro atoms. The summed E-state index contributed by atoms with van der Waals surface area (Å²) in [6.45, 7) is 8.72. The number of carbonyl (C=O) groups is 2. The fourth-order valence-corrected chi connectivity index (χ4v) is 2.53. The van der Waals surface area contributed by atoms with E-state index in [1.807, 2.05) is 20.8 Å². The van der Waals surface area contributed by atoms with E-state index in [1.54, 1.807) is 11.0 Å². The van der Waals surface area contributed by atoms with Crippen molar-refractivity contribution >= 4 is 12.1 Å². The Hall–Kier alpha value is -2.02. The monoisotopic (exact) mass is 324 g/mol. The number of carbonyl (C=O) groups excluding carboxylic acids is 1. The van der Waals surface area contributed by atoms with E-state index in [0.717, 1.165) is 13.0 Å². The summed E-state index contributed by atoms with van der Waals surface area (Å²) in [6, 6.07) is 1.68. The maximum atomic E-state index is 12.1. The lowest BCUT2D eigenvalue weighted by Gasteiger charge is -2.26. The highest BCUT2D eigenvalue weighted by atomic mass is 16.6. The van der Waals surface area contributed by atoms with Crippen LogP contribution in [-0.4, -0.2) is 58.7 Å². The van der Waals surface area contributed by atoms with Gasteiger partial charge in [-0.1, -0.05) is 0 Å². The van der Waals surface area contributed by atoms with E-state index in [-0.39, 0.29) is 11.9 Å². The van der Waals surface area contributed by atoms with Gasteiger partial charge in [0, 0.05) is 38.3 Å². The van der Waals surface area contributed by atoms with Crippen LogP contribution in [0.2, 0.25) is 0 Å². The van der Waals surface area contributed by atoms with Crippen LogP contribution in [0.1, 0.15) is 43.3 Å². The minimum atomic E-state index is -1.06. The van der Waals surface area contributed by atoms with Gasteiger partial charge < -0.3 is 19.2 Å². The second-order valence-corrected chi connectivity index (χ2v) is 6.68. The van der Waals surface area contributed by atoms with E-state index in [9.17, 15) is 9.59 Å². The van der Waals surface area contributed by atoms with Gasteiger partial charge in [-0.3, -0.25) is 4.90 Å². The molecule has 7 nitrogen and oxygen atoms in total. The summed E-state index contributed by atoms with van der Waals surface area (Å²) in [5.41, 5.74) is 0.152. The van der Waals surface area contributed by atoms with Crippen LogP contribution in [0.3, 0.4) is 0 Å². The minimum absolute atomic E-state index is 0.0155. The Morgan fingerprint density at radius 3 is 2.65 bits per heavy atom. The number of rotatable bonds is 3. The first-order chi connectivity index (χ1) is 10.8. The quantitative estimate of drug-likeness (QED) is 0.919. The maximum absolute atomic E-state index is 12.1. The molecule has 1 saturated heterocycles. The first-order valence-electron chi connectivity index (χ1n) is 7.76. The van der Waals surface area contributed by atoms with Gasteiger partial charge >= 0.3 is 12.1 Å². The molecule has 0 saturated carbocycles. The van der Waals surface area contributed by atoms with Crippen LogP contribution in [0, 0.1) is 0 Å². The fraction of sp³-hybridized carbons (Fsp3) is 0.625. The molecule has 1 aliphatic heterocycles. The first-order valence-corrected chi connectivity index (χ1v) is 7.76. The zero-order valence-corrected chi connectivity index (χ0v) is 13.9. The summed E-state index contributed by atoms with van der Waals surface area (Å²) in [4.78, 5) is 27.0. The Kier molecular flexibility index (Phi) is 5.30. The van der Waals surface area contributed by atoms with Crippen molar-refractivity contribution in [1.82, 2.24) is 9.80 Å². The largest absolute Gasteiger partial charge is 0.475 e. The van der Waals surface area contributed by atoms with Gasteiger partial charge in [-0.2, -0.15) is 0 Å². The van der Waals surface area contributed by atoms with Crippen LogP contribution < -0.4 is 0 Å². The van der Waals surface area contributed by atoms with Crippen molar-refractivity contribution in [2.24, 2.45) is 0 Å². The van der Waals surface area contributed by atoms with Crippen LogP contribution in [0.5, 0.6) is 0 Å². The van der Waals surface area contributed by atoms with Crippen LogP contribution in [0.15, 0.2) is 16.7 Å². The van der Waals surface area contributed by atoms with Crippen molar-refractivity contribution in [3.8, 4) is 0 Å². The van der Waals surface area contributed by atoms with E-state index < -0.39 is 11.6 Å². The molecule has 1 aromatic heterocycles. The molecule has 1 aliphatic rings. The van der Waals surface area contributed by atoms with E-state index in [0.29, 0.717) is 31.7 Å². The Morgan fingerprint density at radius 2 is 2.00 bits per heavy atom. The summed E-state index contributed by atoms with van der Waals surface area (Å²) in [7, 11) is 0. The van der Waals surface area contributed by atoms with Gasteiger partial charge in [0.25, 0.3) is 0 Å². The van der Waals surface area contributed by atoms with Crippen LogP contribution in [-0.2, 0) is 11.3 Å². The molecular weight excluding hydrogens is 300 g/mol. The zero-order valence-electron chi connectivity index (χ0n) is 13.9. The minimum Gasteiger partial charge on any atom is -0.475 e. The third-order valence-electron chi connectivity index (χ3n) is 3.58. The standard InChI is InChI=1S/C16H24N2O5/c1-16(2,3)23-15(21)18-7-4-6-17(8-9-18)11-12-5-10-22-13(12)14(19)20/h5,10H,4,6-9,11H2,1-3H3,(H,19,20). The van der Waals surface area contributed by atoms with Crippen molar-refractivity contribution in [3.63, 3.8) is 0 Å². The van der Waals surface area contributed by atoms with E-state index in [1.165, 1.54) is 6.26 Å². The first kappa shape index (κ1) is 17.3. The molecule has 0 aromatic carbocycles. The Bertz CT molecular complexity index is 561. The second-order valence-electron chi connectivity index (χ2n) is 6.68. The molecule has 1 N–H and O–H groups in total. The second kappa shape index (κ2) is 7.04. The Balaban J connectivity index is 1.92. The molecule has 0 aliphatic carbocycles. The predicted octanol–water partition coefficient (Wildman–Crippen LogP) is 2.42. The zero-order chi connectivity index (χ0) is 17.0. The predicted molar refractivity (Wildman–Crippen MR) is 83.4 cm³/mol. The number of ether oxygens (including phenoxy) is 1. The molecule has 0 radical (unpaired) electrons. The number of carboxylic acid groups (broad SMARTS) is 1. The van der Waals surface area contributed by atoms with Crippen molar-refractivity contribution in [2.45, 2.75) is 39.3 Å². The molecule has 7 heteroatoms. The van der Waals surface area contributed by atoms with E-state index in [2.05, 4.69) is 4.90 Å². The molecule has 1 amide bonds. The highest BCUT2D eigenvalue weighted by Gasteiger charge is 2.25. The van der Waals surface area contributed by atoms with Crippen LogP contribution in [0.4, 0.5) is 4.79 Å². The van der Waals surface area contributed by atoms with Gasteiger partial charge in [-0.05, 0) is 33.3 Å². The number of furan rings is 1. The third-order valence-corrected chi connectivity index (χ3v) is 3.58. The van der Waals surface area contributed by atoms with Gasteiger partial charge in [0.2, 0.25) is 5.76 Å². The van der Waals surface area contributed by atoms with Crippen molar-refractivity contribution in [2.75, 3.05) is 26.2 Å². The highest BCUT2D eigenvalue weighted by Crippen LogP contribution is 2.16. The lowest BCUT2D eigenvalue weighted by atomic mass is 10.2. The van der Waals surface area contributed by atoms with Gasteiger partial charge in [-0.15, -0.1) is 0 Å². The van der Waals surface area contributed by atoms with E-state index in [4.69, 9.17) is 14.3 Å². The normalized spacial score (nSPS) is 16.9. The summed E-state index contributed by atoms with van der Waals surface area (Å²) >= 11 is 0. The smallest absolute Gasteiger partial charge is 0.410 e. The number of amides is 1. The lowest BCUT2D eigenvalue weighted by Crippen LogP contribution is -2.39. The fourth-order valence-electron chi connectivity index (χ4n) is 2.53. The molecule has 0 atom stereocenters. The molecular formula is C16H24N2O5. The molecule has 0 bridgehead atoms. The summed E-state index contributed by atoms with van der Waals surface area (Å²) in [5.74, 6) is -1.08. The number of carboxylic acids is 1. The summed E-state index contributed by atoms with van der Waals surface area (Å²) in [5, 5.41) is 9.08. The summed E-state index contributed by atoms with van der Waals surface area (Å²) in [6.07, 6.45) is 1.91. The van der Waals surface area contributed by atoms with E-state index >= 15 is 0 Å². The average molecular weight is 324 g/mol. The third kappa shape index (κ3) is 4.99. The molecule has 2 rings (SSSR count). The number of hydrogen-bond donors (Lipinski definition) is 1. The lowest BCUT2D eigenvalue weighted by molar-refractivity contribution is 0.0257. The van der Waals surface area contributed by atoms with Crippen LogP contribution in [0.25, 0.3) is 0 Å². The van der Waals surface area contributed by atoms with Crippen molar-refractivity contribution in [1.29, 1.82) is 0 Å². The van der Waals surface area contributed by atoms with Gasteiger partial charge in [0.1, 0.15) is 5.60 Å². The topological polar surface area (TPSA) is 83.2 Å². The number of hydrogen-bond acceptors (Lipinski definition) is 5. The average Bonchev–Trinajstić information content (AvgIpc) is 2.75. The van der Waals surface area contributed by atoms with Crippen molar-refractivity contribution in [3.05, 3.63) is 23.7 Å². The highest BCUT2D eigenvalue weighted by molar-refractivity contribution is 5.86. The number of nitrogens with zero attached hydrogens (tertiary/aromatic N) is 2. The Labute approximate surface area is 135 Å². The molecule has 128 valence electrons. The van der Waals surface area contributed by atoms with Gasteiger partial charge in [-0.25, -0.2) is 9.59 Å². The summed E-state index contributed by atoms with van der Waals surface area (Å²) < 4.78 is 10.4. The molecule has 23 heavy (non-hydrogen) atoms. The van der Waals surface area contributed by atoms with Crippen molar-refractivity contribution < 1.29 is 23.8 Å². The van der Waals surface area contributed by atoms with Gasteiger partial charge in [0.05, 0.1) is 6.26 Å². The molecule has 1 aromatic rings. The molecule has 2 heterocycles. The van der Waals surface area contributed by atoms with Crippen LogP contribution >= 0.6 is 0 Å². The molecule has 1 fully saturated rings. The number of aromatic carboxylic acids is 1.